The van der Waals surface area contributed by atoms with Crippen LogP contribution in [0.2, 0.25) is 0 Å². The molecule has 6 nitrogen and oxygen atoms in total. The van der Waals surface area contributed by atoms with Crippen LogP contribution in [0, 0.1) is 12.7 Å². The minimum Gasteiger partial charge on any atom is -0.506 e. The van der Waals surface area contributed by atoms with E-state index in [0.29, 0.717) is 0 Å². The number of sulfonamides is 1. The van der Waals surface area contributed by atoms with Gasteiger partial charge >= 0.3 is 0 Å². The Bertz CT molecular complexity index is 1110. The molecule has 0 aliphatic heterocycles. The molecule has 3 N–H and O–H groups in total. The normalized spacial score (nSPS) is 11.1. The molecular formula is C20H17FN2O4S. The van der Waals surface area contributed by atoms with E-state index >= 15 is 0 Å². The molecule has 0 bridgehead atoms. The van der Waals surface area contributed by atoms with Gasteiger partial charge in [0.15, 0.2) is 0 Å². The summed E-state index contributed by atoms with van der Waals surface area (Å²) in [4.78, 5) is 12.3. The highest BCUT2D eigenvalue weighted by Crippen LogP contribution is 2.25. The maximum absolute atomic E-state index is 12.9. The number of halogens is 1. The first-order valence-corrected chi connectivity index (χ1v) is 9.72. The lowest BCUT2D eigenvalue weighted by Crippen LogP contribution is -2.15. The Morgan fingerprint density at radius 3 is 2.21 bits per heavy atom. The standard InChI is InChI=1S/C20H17FN2O4S/c1-13-2-11-18(19(24)12-13)22-20(25)14-3-9-17(10-4-14)28(26,27)23-16-7-5-15(21)6-8-16/h2-12,23-24H,1H3,(H,22,25). The molecule has 0 fully saturated rings. The van der Waals surface area contributed by atoms with E-state index in [1.165, 1.54) is 42.5 Å². The summed E-state index contributed by atoms with van der Waals surface area (Å²) in [5, 5.41) is 12.4. The average molecular weight is 400 g/mol. The van der Waals surface area contributed by atoms with Gasteiger partial charge < -0.3 is 10.4 Å². The van der Waals surface area contributed by atoms with Gasteiger partial charge in [-0.3, -0.25) is 9.52 Å². The van der Waals surface area contributed by atoms with E-state index < -0.39 is 21.7 Å². The number of phenols is 1. The van der Waals surface area contributed by atoms with Crippen molar-refractivity contribution in [2.24, 2.45) is 0 Å². The highest BCUT2D eigenvalue weighted by molar-refractivity contribution is 7.92. The zero-order valence-corrected chi connectivity index (χ0v) is 15.6. The number of aryl methyl sites for hydroxylation is 1. The van der Waals surface area contributed by atoms with E-state index in [4.69, 9.17) is 0 Å². The summed E-state index contributed by atoms with van der Waals surface area (Å²) in [5.74, 6) is -1.02. The minimum absolute atomic E-state index is 0.0495. The Labute approximate surface area is 161 Å². The van der Waals surface area contributed by atoms with Gasteiger partial charge in [-0.1, -0.05) is 6.07 Å². The van der Waals surface area contributed by atoms with Crippen molar-refractivity contribution in [1.29, 1.82) is 0 Å². The Morgan fingerprint density at radius 2 is 1.61 bits per heavy atom. The van der Waals surface area contributed by atoms with Crippen LogP contribution in [0.3, 0.4) is 0 Å². The third-order valence-corrected chi connectivity index (χ3v) is 5.32. The predicted octanol–water partition coefficient (Wildman–Crippen LogP) is 3.89. The van der Waals surface area contributed by atoms with Crippen molar-refractivity contribution in [1.82, 2.24) is 0 Å². The number of benzene rings is 3. The Balaban J connectivity index is 1.74. The van der Waals surface area contributed by atoms with Crippen LogP contribution in [-0.2, 0) is 10.0 Å². The van der Waals surface area contributed by atoms with Crippen molar-refractivity contribution in [2.45, 2.75) is 11.8 Å². The van der Waals surface area contributed by atoms with Crippen LogP contribution in [-0.4, -0.2) is 19.4 Å². The molecule has 0 spiro atoms. The summed E-state index contributed by atoms with van der Waals surface area (Å²) in [6, 6.07) is 15.0. The molecule has 0 radical (unpaired) electrons. The number of aromatic hydroxyl groups is 1. The van der Waals surface area contributed by atoms with Gasteiger partial charge in [0.2, 0.25) is 0 Å². The first-order valence-electron chi connectivity index (χ1n) is 8.24. The summed E-state index contributed by atoms with van der Waals surface area (Å²) >= 11 is 0. The van der Waals surface area contributed by atoms with E-state index in [9.17, 15) is 22.7 Å². The molecule has 8 heteroatoms. The minimum atomic E-state index is -3.88. The fourth-order valence-electron chi connectivity index (χ4n) is 2.46. The van der Waals surface area contributed by atoms with E-state index in [1.54, 1.807) is 12.1 Å². The molecule has 1 amide bonds. The van der Waals surface area contributed by atoms with Crippen molar-refractivity contribution in [3.63, 3.8) is 0 Å². The molecule has 28 heavy (non-hydrogen) atoms. The topological polar surface area (TPSA) is 95.5 Å². The maximum Gasteiger partial charge on any atom is 0.261 e. The molecule has 3 aromatic rings. The molecule has 0 saturated heterocycles. The highest BCUT2D eigenvalue weighted by Gasteiger charge is 2.16. The number of carbonyl (C=O) groups excluding carboxylic acids is 1. The summed E-state index contributed by atoms with van der Waals surface area (Å²) in [6.45, 7) is 1.81. The van der Waals surface area contributed by atoms with Gasteiger partial charge in [0.25, 0.3) is 15.9 Å². The zero-order chi connectivity index (χ0) is 20.3. The lowest BCUT2D eigenvalue weighted by molar-refractivity contribution is 0.102. The van der Waals surface area contributed by atoms with Gasteiger partial charge in [-0.15, -0.1) is 0 Å². The SMILES string of the molecule is Cc1ccc(NC(=O)c2ccc(S(=O)(=O)Nc3ccc(F)cc3)cc2)c(O)c1. The van der Waals surface area contributed by atoms with Gasteiger partial charge in [-0.2, -0.15) is 0 Å². The second-order valence-electron chi connectivity index (χ2n) is 6.11. The number of phenolic OH excluding ortho intramolecular Hbond substituents is 1. The van der Waals surface area contributed by atoms with Crippen LogP contribution in [0.1, 0.15) is 15.9 Å². The molecule has 0 heterocycles. The third-order valence-electron chi connectivity index (χ3n) is 3.92. The monoisotopic (exact) mass is 400 g/mol. The predicted molar refractivity (Wildman–Crippen MR) is 104 cm³/mol. The first kappa shape index (κ1) is 19.4. The number of amides is 1. The zero-order valence-electron chi connectivity index (χ0n) is 14.8. The molecule has 3 aromatic carbocycles. The average Bonchev–Trinajstić information content (AvgIpc) is 2.66. The molecule has 0 atom stereocenters. The van der Waals surface area contributed by atoms with Crippen LogP contribution in [0.4, 0.5) is 15.8 Å². The van der Waals surface area contributed by atoms with E-state index in [0.717, 1.165) is 17.7 Å². The van der Waals surface area contributed by atoms with Crippen LogP contribution in [0.15, 0.2) is 71.6 Å². The molecule has 144 valence electrons. The largest absolute Gasteiger partial charge is 0.506 e. The van der Waals surface area contributed by atoms with Crippen molar-refractivity contribution in [3.05, 3.63) is 83.7 Å². The number of carbonyl (C=O) groups is 1. The number of hydrogen-bond donors (Lipinski definition) is 3. The van der Waals surface area contributed by atoms with E-state index in [1.807, 2.05) is 6.92 Å². The lowest BCUT2D eigenvalue weighted by Gasteiger charge is -2.10. The molecule has 0 aromatic heterocycles. The number of rotatable bonds is 5. The van der Waals surface area contributed by atoms with Crippen LogP contribution >= 0.6 is 0 Å². The smallest absolute Gasteiger partial charge is 0.261 e. The summed E-state index contributed by atoms with van der Waals surface area (Å²) < 4.78 is 40.1. The summed E-state index contributed by atoms with van der Waals surface area (Å²) in [7, 11) is -3.88. The van der Waals surface area contributed by atoms with Gasteiger partial charge in [0.1, 0.15) is 11.6 Å². The Hall–Kier alpha value is -3.39. The molecular weight excluding hydrogens is 383 g/mol. The van der Waals surface area contributed by atoms with E-state index in [-0.39, 0.29) is 27.6 Å². The lowest BCUT2D eigenvalue weighted by atomic mass is 10.2. The molecule has 0 aliphatic rings. The fraction of sp³-hybridized carbons (Fsp3) is 0.0500. The third kappa shape index (κ3) is 4.47. The van der Waals surface area contributed by atoms with Crippen LogP contribution < -0.4 is 10.0 Å². The summed E-state index contributed by atoms with van der Waals surface area (Å²) in [6.07, 6.45) is 0. The van der Waals surface area contributed by atoms with Crippen LogP contribution in [0.25, 0.3) is 0 Å². The number of hydrogen-bond acceptors (Lipinski definition) is 4. The van der Waals surface area contributed by atoms with Gasteiger partial charge in [-0.25, -0.2) is 12.8 Å². The quantitative estimate of drug-likeness (QED) is 0.566. The summed E-state index contributed by atoms with van der Waals surface area (Å²) in [5.41, 5.74) is 1.54. The van der Waals surface area contributed by atoms with Gasteiger partial charge in [0, 0.05) is 11.3 Å². The van der Waals surface area contributed by atoms with Crippen molar-refractivity contribution in [3.8, 4) is 5.75 Å². The molecule has 0 unspecified atom stereocenters. The second kappa shape index (κ2) is 7.69. The van der Waals surface area contributed by atoms with E-state index in [2.05, 4.69) is 10.0 Å². The van der Waals surface area contributed by atoms with Gasteiger partial charge in [-0.05, 0) is 73.2 Å². The Kier molecular flexibility index (Phi) is 5.32. The molecule has 0 saturated carbocycles. The number of nitrogens with one attached hydrogen (secondary N) is 2. The first-order chi connectivity index (χ1) is 13.2. The highest BCUT2D eigenvalue weighted by atomic mass is 32.2. The van der Waals surface area contributed by atoms with Crippen molar-refractivity contribution < 1.29 is 22.7 Å². The van der Waals surface area contributed by atoms with Gasteiger partial charge in [0.05, 0.1) is 10.6 Å². The van der Waals surface area contributed by atoms with Crippen molar-refractivity contribution >= 4 is 27.3 Å². The molecule has 3 rings (SSSR count). The fourth-order valence-corrected chi connectivity index (χ4v) is 3.52. The second-order valence-corrected chi connectivity index (χ2v) is 7.79. The maximum atomic E-state index is 12.9. The molecule has 0 aliphatic carbocycles. The Morgan fingerprint density at radius 1 is 0.964 bits per heavy atom. The number of anilines is 2. The van der Waals surface area contributed by atoms with Crippen molar-refractivity contribution in [2.75, 3.05) is 10.0 Å². The van der Waals surface area contributed by atoms with Crippen LogP contribution in [0.5, 0.6) is 5.75 Å².